The standard InChI is InChI=1S/C38H23N3O2/c1-21-26-20-35-36(25-9-3-7-13-33(25)43-35)37-28-19-22(23-15-17-34-27(18-23)24-8-2-6-12-32(24)42-34)14-16-31(28)41(38(26)37)40-30-11-5-4-10-29(30)39-21/h2-20,29,39H,1H2/b40-30-. The van der Waals surface area contributed by atoms with Crippen molar-refractivity contribution < 1.29 is 8.83 Å². The second-order valence-corrected chi connectivity index (χ2v) is 11.3. The Bertz CT molecular complexity index is 2620. The highest BCUT2D eigenvalue weighted by atomic mass is 16.3. The third kappa shape index (κ3) is 3.08. The Labute approximate surface area is 245 Å². The van der Waals surface area contributed by atoms with Crippen LogP contribution in [0.1, 0.15) is 5.56 Å². The molecule has 0 saturated carbocycles. The molecule has 10 rings (SSSR count). The molecular formula is C38H23N3O2. The van der Waals surface area contributed by atoms with Crippen LogP contribution in [0.15, 0.2) is 136 Å². The molecule has 1 aliphatic heterocycles. The van der Waals surface area contributed by atoms with Crippen molar-refractivity contribution in [3.05, 3.63) is 127 Å². The molecule has 0 saturated heterocycles. The second-order valence-electron chi connectivity index (χ2n) is 11.3. The maximum Gasteiger partial charge on any atom is 0.136 e. The number of hydrogen-bond donors (Lipinski definition) is 1. The third-order valence-corrected chi connectivity index (χ3v) is 8.93. The van der Waals surface area contributed by atoms with Crippen LogP contribution in [0.4, 0.5) is 0 Å². The van der Waals surface area contributed by atoms with Crippen LogP contribution in [0.5, 0.6) is 0 Å². The lowest BCUT2D eigenvalue weighted by molar-refractivity contribution is 0.668. The van der Waals surface area contributed by atoms with E-state index in [0.717, 1.165) is 93.8 Å². The fourth-order valence-corrected chi connectivity index (χ4v) is 6.95. The first-order chi connectivity index (χ1) is 21.2. The maximum absolute atomic E-state index is 6.46. The molecule has 1 unspecified atom stereocenters. The Morgan fingerprint density at radius 3 is 2.28 bits per heavy atom. The van der Waals surface area contributed by atoms with Gasteiger partial charge in [-0.3, -0.25) is 0 Å². The molecule has 0 spiro atoms. The molecule has 5 heteroatoms. The topological polar surface area (TPSA) is 55.6 Å². The molecule has 43 heavy (non-hydrogen) atoms. The average Bonchev–Trinajstić information content (AvgIpc) is 3.70. The van der Waals surface area contributed by atoms with Crippen LogP contribution in [0.2, 0.25) is 0 Å². The quantitative estimate of drug-likeness (QED) is 0.220. The van der Waals surface area contributed by atoms with Gasteiger partial charge in [-0.25, -0.2) is 4.68 Å². The lowest BCUT2D eigenvalue weighted by Crippen LogP contribution is -2.35. The predicted octanol–water partition coefficient (Wildman–Crippen LogP) is 9.53. The highest BCUT2D eigenvalue weighted by Gasteiger charge is 2.26. The summed E-state index contributed by atoms with van der Waals surface area (Å²) in [5.74, 6) is 0. The molecule has 0 bridgehead atoms. The number of benzene rings is 5. The summed E-state index contributed by atoms with van der Waals surface area (Å²) in [7, 11) is 0. The van der Waals surface area contributed by atoms with Gasteiger partial charge in [0.25, 0.3) is 0 Å². The molecule has 202 valence electrons. The van der Waals surface area contributed by atoms with Crippen molar-refractivity contribution in [2.75, 3.05) is 0 Å². The van der Waals surface area contributed by atoms with Crippen molar-refractivity contribution in [2.45, 2.75) is 6.04 Å². The van der Waals surface area contributed by atoms with Crippen LogP contribution < -0.4 is 5.32 Å². The summed E-state index contributed by atoms with van der Waals surface area (Å²) < 4.78 is 14.7. The number of allylic oxidation sites excluding steroid dienone is 2. The monoisotopic (exact) mass is 553 g/mol. The lowest BCUT2D eigenvalue weighted by Gasteiger charge is -2.24. The molecule has 0 radical (unpaired) electrons. The van der Waals surface area contributed by atoms with Crippen LogP contribution in [0.3, 0.4) is 0 Å². The summed E-state index contributed by atoms with van der Waals surface area (Å²) in [6.45, 7) is 4.49. The van der Waals surface area contributed by atoms with E-state index < -0.39 is 0 Å². The van der Waals surface area contributed by atoms with Crippen molar-refractivity contribution in [2.24, 2.45) is 5.10 Å². The smallest absolute Gasteiger partial charge is 0.136 e. The lowest BCUT2D eigenvalue weighted by atomic mass is 9.97. The van der Waals surface area contributed by atoms with E-state index in [1.807, 2.05) is 36.4 Å². The highest BCUT2D eigenvalue weighted by Crippen LogP contribution is 2.44. The van der Waals surface area contributed by atoms with Crippen molar-refractivity contribution in [3.8, 4) is 11.1 Å². The van der Waals surface area contributed by atoms with Gasteiger partial charge in [0.2, 0.25) is 0 Å². The van der Waals surface area contributed by atoms with Crippen LogP contribution in [0, 0.1) is 0 Å². The van der Waals surface area contributed by atoms with Gasteiger partial charge in [-0.15, -0.1) is 0 Å². The molecule has 3 aromatic heterocycles. The zero-order valence-electron chi connectivity index (χ0n) is 23.0. The molecule has 5 aromatic carbocycles. The normalized spacial score (nSPS) is 17.5. The van der Waals surface area contributed by atoms with Gasteiger partial charge in [0, 0.05) is 43.6 Å². The van der Waals surface area contributed by atoms with E-state index in [9.17, 15) is 0 Å². The van der Waals surface area contributed by atoms with Crippen LogP contribution in [-0.2, 0) is 0 Å². The van der Waals surface area contributed by atoms with E-state index in [1.54, 1.807) is 0 Å². The first-order valence-electron chi connectivity index (χ1n) is 14.4. The fourth-order valence-electron chi connectivity index (χ4n) is 6.95. The number of furan rings is 2. The van der Waals surface area contributed by atoms with E-state index in [1.165, 1.54) is 0 Å². The minimum absolute atomic E-state index is 0.0692. The van der Waals surface area contributed by atoms with Crippen LogP contribution in [-0.4, -0.2) is 16.4 Å². The first kappa shape index (κ1) is 22.8. The number of nitrogens with zero attached hydrogens (tertiary/aromatic N) is 2. The van der Waals surface area contributed by atoms with Gasteiger partial charge >= 0.3 is 0 Å². The molecule has 1 aliphatic carbocycles. The Hall–Kier alpha value is -5.81. The SMILES string of the molecule is C=C1NC2C=CC=C/C2=N/n2c3ccc(-c4ccc5oc6ccccc6c5c4)cc3c3c4c(cc1c32)oc1ccccc14. The largest absolute Gasteiger partial charge is 0.456 e. The third-order valence-electron chi connectivity index (χ3n) is 8.93. The second kappa shape index (κ2) is 8.14. The summed E-state index contributed by atoms with van der Waals surface area (Å²) in [5, 5.41) is 15.5. The minimum Gasteiger partial charge on any atom is -0.456 e. The van der Waals surface area contributed by atoms with Gasteiger partial charge in [-0.1, -0.05) is 73.3 Å². The van der Waals surface area contributed by atoms with Gasteiger partial charge in [-0.05, 0) is 59.7 Å². The van der Waals surface area contributed by atoms with Crippen molar-refractivity contribution in [1.82, 2.24) is 9.99 Å². The summed E-state index contributed by atoms with van der Waals surface area (Å²) in [6.07, 6.45) is 8.26. The number of aromatic nitrogens is 1. The molecule has 4 heterocycles. The molecule has 2 aliphatic rings. The maximum atomic E-state index is 6.46. The summed E-state index contributed by atoms with van der Waals surface area (Å²) in [6, 6.07) is 31.6. The van der Waals surface area contributed by atoms with Crippen LogP contribution in [0.25, 0.3) is 82.5 Å². The zero-order valence-corrected chi connectivity index (χ0v) is 23.0. The average molecular weight is 554 g/mol. The first-order valence-corrected chi connectivity index (χ1v) is 14.4. The Morgan fingerprint density at radius 1 is 0.674 bits per heavy atom. The number of nitrogens with one attached hydrogen (secondary N) is 1. The number of hydrogen-bond acceptors (Lipinski definition) is 4. The summed E-state index contributed by atoms with van der Waals surface area (Å²) in [5.41, 5.74) is 10.6. The van der Waals surface area contributed by atoms with E-state index in [4.69, 9.17) is 13.9 Å². The van der Waals surface area contributed by atoms with Crippen LogP contribution >= 0.6 is 0 Å². The molecule has 1 atom stereocenters. The Balaban J connectivity index is 1.34. The molecule has 1 N–H and O–H groups in total. The Kier molecular flexibility index (Phi) is 4.32. The summed E-state index contributed by atoms with van der Waals surface area (Å²) >= 11 is 0. The number of para-hydroxylation sites is 2. The van der Waals surface area contributed by atoms with E-state index >= 15 is 0 Å². The summed E-state index contributed by atoms with van der Waals surface area (Å²) in [4.78, 5) is 0. The fraction of sp³-hybridized carbons (Fsp3) is 0.0263. The van der Waals surface area contributed by atoms with Gasteiger partial charge in [0.15, 0.2) is 0 Å². The molecule has 5 nitrogen and oxygen atoms in total. The van der Waals surface area contributed by atoms with E-state index in [0.29, 0.717) is 0 Å². The predicted molar refractivity (Wildman–Crippen MR) is 177 cm³/mol. The molecular weight excluding hydrogens is 530 g/mol. The number of rotatable bonds is 1. The van der Waals surface area contributed by atoms with Gasteiger partial charge in [0.1, 0.15) is 22.3 Å². The van der Waals surface area contributed by atoms with Gasteiger partial charge in [-0.2, -0.15) is 5.10 Å². The highest BCUT2D eigenvalue weighted by molar-refractivity contribution is 6.29. The van der Waals surface area contributed by atoms with Gasteiger partial charge < -0.3 is 14.2 Å². The number of fused-ring (bicyclic) bond motifs is 11. The van der Waals surface area contributed by atoms with Crippen molar-refractivity contribution >= 4 is 77.1 Å². The Morgan fingerprint density at radius 2 is 1.40 bits per heavy atom. The molecule has 8 aromatic rings. The van der Waals surface area contributed by atoms with Crippen molar-refractivity contribution in [3.63, 3.8) is 0 Å². The van der Waals surface area contributed by atoms with E-state index in [-0.39, 0.29) is 6.04 Å². The van der Waals surface area contributed by atoms with Crippen molar-refractivity contribution in [1.29, 1.82) is 0 Å². The molecule has 0 fully saturated rings. The zero-order chi connectivity index (χ0) is 28.2. The minimum atomic E-state index is -0.0692. The van der Waals surface area contributed by atoms with Gasteiger partial charge in [0.05, 0.1) is 22.8 Å². The molecule has 0 amide bonds. The van der Waals surface area contributed by atoms with E-state index in [2.05, 4.69) is 95.5 Å².